The molecule has 0 spiro atoms. The first kappa shape index (κ1) is 12.8. The molecule has 3 heteroatoms. The second kappa shape index (κ2) is 5.83. The van der Waals surface area contributed by atoms with Gasteiger partial charge < -0.3 is 4.90 Å². The molecule has 0 aliphatic rings. The molecule has 1 aromatic heterocycles. The molecule has 0 aliphatic heterocycles. The van der Waals surface area contributed by atoms with Gasteiger partial charge in [0.15, 0.2) is 0 Å². The summed E-state index contributed by atoms with van der Waals surface area (Å²) in [5.41, 5.74) is 2.22. The summed E-state index contributed by atoms with van der Waals surface area (Å²) in [5.74, 6) is 5.98. The maximum Gasteiger partial charge on any atom is 0.254 e. The van der Waals surface area contributed by atoms with Gasteiger partial charge in [0.1, 0.15) is 0 Å². The lowest BCUT2D eigenvalue weighted by Crippen LogP contribution is -2.21. The maximum atomic E-state index is 11.8. The van der Waals surface area contributed by atoms with Crippen molar-refractivity contribution in [3.63, 3.8) is 0 Å². The van der Waals surface area contributed by atoms with Gasteiger partial charge in [0.2, 0.25) is 0 Å². The number of hydrogen-bond acceptors (Lipinski definition) is 2. The summed E-state index contributed by atoms with van der Waals surface area (Å²) >= 11 is 0. The van der Waals surface area contributed by atoms with Crippen LogP contribution in [0.5, 0.6) is 0 Å². The summed E-state index contributed by atoms with van der Waals surface area (Å²) in [6, 6.07) is 11.5. The standard InChI is InChI=1S/C16H14N2O/c1-18(2)16(19)15-10-14(11-17-12-15)9-8-13-6-4-3-5-7-13/h3-7,10-12H,1-2H3. The molecule has 19 heavy (non-hydrogen) atoms. The summed E-state index contributed by atoms with van der Waals surface area (Å²) < 4.78 is 0. The Labute approximate surface area is 112 Å². The highest BCUT2D eigenvalue weighted by atomic mass is 16.2. The van der Waals surface area contributed by atoms with E-state index >= 15 is 0 Å². The normalized spacial score (nSPS) is 9.37. The fourth-order valence-corrected chi connectivity index (χ4v) is 1.55. The van der Waals surface area contributed by atoms with Crippen LogP contribution in [0.3, 0.4) is 0 Å². The van der Waals surface area contributed by atoms with Gasteiger partial charge in [-0.3, -0.25) is 9.78 Å². The molecule has 0 radical (unpaired) electrons. The topological polar surface area (TPSA) is 33.2 Å². The van der Waals surface area contributed by atoms with E-state index in [0.29, 0.717) is 5.56 Å². The highest BCUT2D eigenvalue weighted by Crippen LogP contribution is 2.04. The van der Waals surface area contributed by atoms with Crippen LogP contribution < -0.4 is 0 Å². The molecular weight excluding hydrogens is 236 g/mol. The number of aromatic nitrogens is 1. The fraction of sp³-hybridized carbons (Fsp3) is 0.125. The molecule has 1 amide bonds. The molecular formula is C16H14N2O. The summed E-state index contributed by atoms with van der Waals surface area (Å²) in [6.07, 6.45) is 3.21. The van der Waals surface area contributed by atoms with Crippen molar-refractivity contribution in [3.05, 3.63) is 65.5 Å². The first-order valence-corrected chi connectivity index (χ1v) is 5.90. The molecule has 1 aromatic carbocycles. The van der Waals surface area contributed by atoms with Gasteiger partial charge in [0.05, 0.1) is 5.56 Å². The number of benzene rings is 1. The molecule has 2 rings (SSSR count). The lowest BCUT2D eigenvalue weighted by molar-refractivity contribution is 0.0827. The van der Waals surface area contributed by atoms with E-state index in [-0.39, 0.29) is 5.91 Å². The second-order valence-corrected chi connectivity index (χ2v) is 4.28. The van der Waals surface area contributed by atoms with Crippen molar-refractivity contribution >= 4 is 5.91 Å². The van der Waals surface area contributed by atoms with Crippen molar-refractivity contribution in [2.45, 2.75) is 0 Å². The molecule has 0 atom stereocenters. The monoisotopic (exact) mass is 250 g/mol. The van der Waals surface area contributed by atoms with E-state index in [0.717, 1.165) is 11.1 Å². The molecule has 0 fully saturated rings. The molecule has 3 nitrogen and oxygen atoms in total. The Morgan fingerprint density at radius 2 is 1.74 bits per heavy atom. The van der Waals surface area contributed by atoms with Crippen LogP contribution in [0.1, 0.15) is 21.5 Å². The van der Waals surface area contributed by atoms with Crippen molar-refractivity contribution in [1.82, 2.24) is 9.88 Å². The minimum atomic E-state index is -0.0733. The van der Waals surface area contributed by atoms with Gasteiger partial charge in [-0.2, -0.15) is 0 Å². The van der Waals surface area contributed by atoms with Crippen LogP contribution in [0.25, 0.3) is 0 Å². The van der Waals surface area contributed by atoms with Gasteiger partial charge in [0, 0.05) is 37.6 Å². The maximum absolute atomic E-state index is 11.8. The predicted molar refractivity (Wildman–Crippen MR) is 74.7 cm³/mol. The lowest BCUT2D eigenvalue weighted by atomic mass is 10.1. The van der Waals surface area contributed by atoms with Crippen LogP contribution in [-0.2, 0) is 0 Å². The third kappa shape index (κ3) is 3.43. The van der Waals surface area contributed by atoms with Gasteiger partial charge in [-0.05, 0) is 18.2 Å². The van der Waals surface area contributed by atoms with Crippen LogP contribution in [0.15, 0.2) is 48.8 Å². The third-order valence-electron chi connectivity index (χ3n) is 2.52. The molecule has 0 saturated carbocycles. The minimum Gasteiger partial charge on any atom is -0.345 e. The number of nitrogens with zero attached hydrogens (tertiary/aromatic N) is 2. The SMILES string of the molecule is CN(C)C(=O)c1cncc(C#Cc2ccccc2)c1. The van der Waals surface area contributed by atoms with Gasteiger partial charge in [-0.15, -0.1) is 0 Å². The van der Waals surface area contributed by atoms with Gasteiger partial charge in [0.25, 0.3) is 5.91 Å². The number of amides is 1. The number of hydrogen-bond donors (Lipinski definition) is 0. The zero-order chi connectivity index (χ0) is 13.7. The first-order chi connectivity index (χ1) is 9.16. The Hall–Kier alpha value is -2.60. The molecule has 94 valence electrons. The molecule has 1 heterocycles. The van der Waals surface area contributed by atoms with Crippen LogP contribution in [0.2, 0.25) is 0 Å². The summed E-state index contributed by atoms with van der Waals surface area (Å²) in [4.78, 5) is 17.4. The second-order valence-electron chi connectivity index (χ2n) is 4.28. The number of rotatable bonds is 1. The van der Waals surface area contributed by atoms with Crippen molar-refractivity contribution in [1.29, 1.82) is 0 Å². The number of carbonyl (C=O) groups excluding carboxylic acids is 1. The van der Waals surface area contributed by atoms with Crippen LogP contribution in [0, 0.1) is 11.8 Å². The Bertz CT molecular complexity index is 637. The Balaban J connectivity index is 2.26. The quantitative estimate of drug-likeness (QED) is 0.727. The molecule has 0 bridgehead atoms. The zero-order valence-corrected chi connectivity index (χ0v) is 10.9. The molecule has 0 saturated heterocycles. The van der Waals surface area contributed by atoms with E-state index < -0.39 is 0 Å². The van der Waals surface area contributed by atoms with E-state index in [2.05, 4.69) is 16.8 Å². The number of pyridine rings is 1. The smallest absolute Gasteiger partial charge is 0.254 e. The lowest BCUT2D eigenvalue weighted by Gasteiger charge is -2.09. The van der Waals surface area contributed by atoms with Crippen molar-refractivity contribution in [2.24, 2.45) is 0 Å². The van der Waals surface area contributed by atoms with E-state index in [4.69, 9.17) is 0 Å². The average Bonchev–Trinajstić information content (AvgIpc) is 2.45. The Kier molecular flexibility index (Phi) is 3.94. The number of carbonyl (C=O) groups is 1. The Morgan fingerprint density at radius 3 is 2.42 bits per heavy atom. The summed E-state index contributed by atoms with van der Waals surface area (Å²) in [7, 11) is 3.43. The first-order valence-electron chi connectivity index (χ1n) is 5.90. The summed E-state index contributed by atoms with van der Waals surface area (Å²) in [6.45, 7) is 0. The average molecular weight is 250 g/mol. The molecule has 0 unspecified atom stereocenters. The van der Waals surface area contributed by atoms with Gasteiger partial charge in [-0.1, -0.05) is 30.0 Å². The largest absolute Gasteiger partial charge is 0.345 e. The van der Waals surface area contributed by atoms with E-state index in [1.165, 1.54) is 4.90 Å². The van der Waals surface area contributed by atoms with E-state index in [9.17, 15) is 4.79 Å². The highest BCUT2D eigenvalue weighted by Gasteiger charge is 2.07. The zero-order valence-electron chi connectivity index (χ0n) is 10.9. The van der Waals surface area contributed by atoms with E-state index in [1.807, 2.05) is 30.3 Å². The van der Waals surface area contributed by atoms with Crippen LogP contribution in [0.4, 0.5) is 0 Å². The molecule has 2 aromatic rings. The predicted octanol–water partition coefficient (Wildman–Crippen LogP) is 2.18. The Morgan fingerprint density at radius 1 is 1.05 bits per heavy atom. The highest BCUT2D eigenvalue weighted by molar-refractivity contribution is 5.93. The molecule has 0 N–H and O–H groups in total. The van der Waals surface area contributed by atoms with Gasteiger partial charge >= 0.3 is 0 Å². The minimum absolute atomic E-state index is 0.0733. The fourth-order valence-electron chi connectivity index (χ4n) is 1.55. The van der Waals surface area contributed by atoms with Crippen LogP contribution in [-0.4, -0.2) is 29.9 Å². The van der Waals surface area contributed by atoms with E-state index in [1.54, 1.807) is 32.6 Å². The third-order valence-corrected chi connectivity index (χ3v) is 2.52. The summed E-state index contributed by atoms with van der Waals surface area (Å²) in [5, 5.41) is 0. The van der Waals surface area contributed by atoms with Crippen molar-refractivity contribution in [2.75, 3.05) is 14.1 Å². The van der Waals surface area contributed by atoms with Gasteiger partial charge in [-0.25, -0.2) is 0 Å². The molecule has 0 aliphatic carbocycles. The van der Waals surface area contributed by atoms with Crippen molar-refractivity contribution < 1.29 is 4.79 Å². The van der Waals surface area contributed by atoms with Crippen LogP contribution >= 0.6 is 0 Å². The van der Waals surface area contributed by atoms with Crippen molar-refractivity contribution in [3.8, 4) is 11.8 Å².